The number of carbonyl (C=O) groups is 1. The van der Waals surface area contributed by atoms with Crippen LogP contribution in [0.1, 0.15) is 40.0 Å². The van der Waals surface area contributed by atoms with Crippen molar-refractivity contribution in [3.05, 3.63) is 0 Å². The number of nitrogens with zero attached hydrogens (tertiary/aromatic N) is 2. The molecule has 20 heavy (non-hydrogen) atoms. The van der Waals surface area contributed by atoms with Gasteiger partial charge in [-0.05, 0) is 51.1 Å². The van der Waals surface area contributed by atoms with Gasteiger partial charge >= 0.3 is 0 Å². The Labute approximate surface area is 122 Å². The van der Waals surface area contributed by atoms with Crippen molar-refractivity contribution in [2.24, 2.45) is 17.6 Å². The molecule has 0 saturated carbocycles. The van der Waals surface area contributed by atoms with Crippen molar-refractivity contribution >= 4 is 5.91 Å². The Kier molecular flexibility index (Phi) is 6.44. The maximum Gasteiger partial charge on any atom is 0.235 e. The van der Waals surface area contributed by atoms with Crippen LogP contribution in [0.4, 0.5) is 0 Å². The standard InChI is InChI=1S/C15H28N4O/c1-12(2)15(3,11-17)18-14(20)10-19-8-4-5-13(9-19)6-7-16/h12-13H,4-10,16H2,1-3H3,(H,18,20). The zero-order valence-electron chi connectivity index (χ0n) is 13.0. The highest BCUT2D eigenvalue weighted by molar-refractivity contribution is 5.79. The summed E-state index contributed by atoms with van der Waals surface area (Å²) in [7, 11) is 0. The van der Waals surface area contributed by atoms with E-state index in [1.54, 1.807) is 6.92 Å². The summed E-state index contributed by atoms with van der Waals surface area (Å²) in [5.41, 5.74) is 4.82. The second-order valence-electron chi connectivity index (χ2n) is 6.34. The Balaban J connectivity index is 2.48. The summed E-state index contributed by atoms with van der Waals surface area (Å²) in [6.07, 6.45) is 3.36. The number of nitrogens with one attached hydrogen (secondary N) is 1. The molecule has 1 aliphatic heterocycles. The van der Waals surface area contributed by atoms with E-state index >= 15 is 0 Å². The summed E-state index contributed by atoms with van der Waals surface area (Å²) in [5, 5.41) is 12.1. The van der Waals surface area contributed by atoms with Crippen molar-refractivity contribution in [1.82, 2.24) is 10.2 Å². The Hall–Kier alpha value is -1.12. The van der Waals surface area contributed by atoms with E-state index in [9.17, 15) is 10.1 Å². The van der Waals surface area contributed by atoms with Gasteiger partial charge in [0.1, 0.15) is 5.54 Å². The van der Waals surface area contributed by atoms with Crippen molar-refractivity contribution < 1.29 is 4.79 Å². The number of piperidine rings is 1. The first-order chi connectivity index (χ1) is 9.41. The Morgan fingerprint density at radius 1 is 1.60 bits per heavy atom. The van der Waals surface area contributed by atoms with Crippen LogP contribution in [0.3, 0.4) is 0 Å². The van der Waals surface area contributed by atoms with Gasteiger partial charge in [0.2, 0.25) is 5.91 Å². The van der Waals surface area contributed by atoms with E-state index in [1.807, 2.05) is 13.8 Å². The maximum absolute atomic E-state index is 12.1. The van der Waals surface area contributed by atoms with Crippen molar-refractivity contribution in [1.29, 1.82) is 5.26 Å². The SMILES string of the molecule is CC(C)C(C)(C#N)NC(=O)CN1CCCC(CCN)C1. The lowest BCUT2D eigenvalue weighted by Gasteiger charge is -2.33. The van der Waals surface area contributed by atoms with Gasteiger partial charge in [-0.2, -0.15) is 5.26 Å². The fraction of sp³-hybridized carbons (Fsp3) is 0.867. The predicted octanol–water partition coefficient (Wildman–Crippen LogP) is 1.10. The van der Waals surface area contributed by atoms with E-state index in [0.29, 0.717) is 19.0 Å². The van der Waals surface area contributed by atoms with Crippen LogP contribution in [0.15, 0.2) is 0 Å². The summed E-state index contributed by atoms with van der Waals surface area (Å²) in [5.74, 6) is 0.632. The van der Waals surface area contributed by atoms with E-state index in [1.165, 1.54) is 6.42 Å². The lowest BCUT2D eigenvalue weighted by atomic mass is 9.90. The minimum atomic E-state index is -0.788. The summed E-state index contributed by atoms with van der Waals surface area (Å²) in [4.78, 5) is 14.3. The highest BCUT2D eigenvalue weighted by Gasteiger charge is 2.31. The van der Waals surface area contributed by atoms with Gasteiger partial charge in [0.05, 0.1) is 12.6 Å². The van der Waals surface area contributed by atoms with Gasteiger partial charge in [-0.25, -0.2) is 0 Å². The number of likely N-dealkylation sites (tertiary alicyclic amines) is 1. The van der Waals surface area contributed by atoms with Gasteiger partial charge in [-0.3, -0.25) is 9.69 Å². The molecule has 1 aliphatic rings. The molecule has 0 aromatic carbocycles. The lowest BCUT2D eigenvalue weighted by molar-refractivity contribution is -0.124. The molecule has 114 valence electrons. The smallest absolute Gasteiger partial charge is 0.235 e. The van der Waals surface area contributed by atoms with Gasteiger partial charge in [0, 0.05) is 6.54 Å². The van der Waals surface area contributed by atoms with Crippen LogP contribution >= 0.6 is 0 Å². The van der Waals surface area contributed by atoms with E-state index in [0.717, 1.165) is 25.9 Å². The van der Waals surface area contributed by atoms with E-state index in [-0.39, 0.29) is 11.8 Å². The van der Waals surface area contributed by atoms with Crippen LogP contribution in [0.25, 0.3) is 0 Å². The fourth-order valence-electron chi connectivity index (χ4n) is 2.60. The molecule has 1 rings (SSSR count). The van der Waals surface area contributed by atoms with Gasteiger partial charge in [-0.1, -0.05) is 13.8 Å². The van der Waals surface area contributed by atoms with Crippen LogP contribution in [-0.2, 0) is 4.79 Å². The van der Waals surface area contributed by atoms with Crippen LogP contribution in [0, 0.1) is 23.2 Å². The van der Waals surface area contributed by atoms with Gasteiger partial charge < -0.3 is 11.1 Å². The topological polar surface area (TPSA) is 82.2 Å². The van der Waals surface area contributed by atoms with Crippen LogP contribution in [-0.4, -0.2) is 42.5 Å². The molecular formula is C15H28N4O. The van der Waals surface area contributed by atoms with Crippen molar-refractivity contribution in [2.45, 2.75) is 45.6 Å². The first-order valence-electron chi connectivity index (χ1n) is 7.56. The molecule has 0 radical (unpaired) electrons. The average Bonchev–Trinajstić information content (AvgIpc) is 2.39. The van der Waals surface area contributed by atoms with Gasteiger partial charge in [0.15, 0.2) is 0 Å². The quantitative estimate of drug-likeness (QED) is 0.763. The third kappa shape index (κ3) is 4.77. The highest BCUT2D eigenvalue weighted by Crippen LogP contribution is 2.19. The number of amides is 1. The number of rotatable bonds is 6. The van der Waals surface area contributed by atoms with Crippen LogP contribution in [0.5, 0.6) is 0 Å². The normalized spacial score (nSPS) is 23.1. The molecule has 2 atom stereocenters. The fourth-order valence-corrected chi connectivity index (χ4v) is 2.60. The minimum Gasteiger partial charge on any atom is -0.337 e. The van der Waals surface area contributed by atoms with Crippen LogP contribution < -0.4 is 11.1 Å². The molecule has 1 amide bonds. The number of nitriles is 1. The van der Waals surface area contributed by atoms with Crippen molar-refractivity contribution in [2.75, 3.05) is 26.2 Å². The number of hydrogen-bond donors (Lipinski definition) is 2. The van der Waals surface area contributed by atoms with Crippen molar-refractivity contribution in [3.63, 3.8) is 0 Å². The Morgan fingerprint density at radius 3 is 2.85 bits per heavy atom. The summed E-state index contributed by atoms with van der Waals surface area (Å²) in [6.45, 7) is 8.66. The summed E-state index contributed by atoms with van der Waals surface area (Å²) >= 11 is 0. The first-order valence-corrected chi connectivity index (χ1v) is 7.56. The number of carbonyl (C=O) groups excluding carboxylic acids is 1. The Morgan fingerprint density at radius 2 is 2.30 bits per heavy atom. The minimum absolute atomic E-state index is 0.0591. The summed E-state index contributed by atoms with van der Waals surface area (Å²) in [6, 6.07) is 2.21. The molecule has 1 heterocycles. The largest absolute Gasteiger partial charge is 0.337 e. The zero-order chi connectivity index (χ0) is 15.2. The molecule has 0 spiro atoms. The van der Waals surface area contributed by atoms with Crippen LogP contribution in [0.2, 0.25) is 0 Å². The molecule has 0 aliphatic carbocycles. The molecule has 1 saturated heterocycles. The predicted molar refractivity (Wildman–Crippen MR) is 79.8 cm³/mol. The average molecular weight is 280 g/mol. The zero-order valence-corrected chi connectivity index (χ0v) is 13.0. The third-order valence-corrected chi connectivity index (χ3v) is 4.33. The Bertz CT molecular complexity index is 361. The molecular weight excluding hydrogens is 252 g/mol. The molecule has 0 bridgehead atoms. The monoisotopic (exact) mass is 280 g/mol. The number of hydrogen-bond acceptors (Lipinski definition) is 4. The van der Waals surface area contributed by atoms with Gasteiger partial charge in [0.25, 0.3) is 0 Å². The van der Waals surface area contributed by atoms with Crippen molar-refractivity contribution in [3.8, 4) is 6.07 Å². The van der Waals surface area contributed by atoms with E-state index < -0.39 is 5.54 Å². The maximum atomic E-state index is 12.1. The first kappa shape index (κ1) is 16.9. The van der Waals surface area contributed by atoms with Gasteiger partial charge in [-0.15, -0.1) is 0 Å². The highest BCUT2D eigenvalue weighted by atomic mass is 16.2. The molecule has 3 N–H and O–H groups in total. The molecule has 1 fully saturated rings. The third-order valence-electron chi connectivity index (χ3n) is 4.33. The molecule has 0 aromatic rings. The molecule has 0 aromatic heterocycles. The lowest BCUT2D eigenvalue weighted by Crippen LogP contribution is -2.52. The second-order valence-corrected chi connectivity index (χ2v) is 6.34. The second kappa shape index (κ2) is 7.61. The number of nitrogens with two attached hydrogens (primary N) is 1. The molecule has 5 heteroatoms. The van der Waals surface area contributed by atoms with E-state index in [2.05, 4.69) is 16.3 Å². The molecule has 5 nitrogen and oxygen atoms in total. The molecule has 2 unspecified atom stereocenters. The summed E-state index contributed by atoms with van der Waals surface area (Å²) < 4.78 is 0. The van der Waals surface area contributed by atoms with E-state index in [4.69, 9.17) is 5.73 Å².